The highest BCUT2D eigenvalue weighted by atomic mass is 19.1. The molecule has 142 valence electrons. The Morgan fingerprint density at radius 2 is 2.07 bits per heavy atom. The number of primary amides is 1. The molecule has 0 spiro atoms. The molecule has 1 saturated heterocycles. The fraction of sp³-hybridized carbons (Fsp3) is 0.300. The summed E-state index contributed by atoms with van der Waals surface area (Å²) in [6, 6.07) is 7.01. The SMILES string of the molecule is CC1(c2ccc(N=Cc3cc(F)cc(C(N)=O)c3N)c(F)c2)CCCNC1. The van der Waals surface area contributed by atoms with Crippen molar-refractivity contribution in [3.8, 4) is 0 Å². The maximum absolute atomic E-state index is 14.6. The molecule has 1 amide bonds. The zero-order valence-corrected chi connectivity index (χ0v) is 15.1. The summed E-state index contributed by atoms with van der Waals surface area (Å²) in [6.45, 7) is 3.88. The molecular weight excluding hydrogens is 350 g/mol. The van der Waals surface area contributed by atoms with E-state index in [1.54, 1.807) is 6.07 Å². The van der Waals surface area contributed by atoms with E-state index in [0.717, 1.165) is 43.6 Å². The number of hydrogen-bond donors (Lipinski definition) is 3. The number of piperidine rings is 1. The lowest BCUT2D eigenvalue weighted by Gasteiger charge is -2.34. The van der Waals surface area contributed by atoms with Crippen LogP contribution in [0.1, 0.15) is 41.3 Å². The lowest BCUT2D eigenvalue weighted by molar-refractivity contribution is 0.100. The number of carbonyl (C=O) groups excluding carboxylic acids is 1. The first-order chi connectivity index (χ1) is 12.8. The Bertz CT molecular complexity index is 905. The van der Waals surface area contributed by atoms with Gasteiger partial charge < -0.3 is 16.8 Å². The van der Waals surface area contributed by atoms with Crippen molar-refractivity contribution in [3.63, 3.8) is 0 Å². The first kappa shape index (κ1) is 19.0. The molecule has 0 aliphatic carbocycles. The third kappa shape index (κ3) is 3.98. The van der Waals surface area contributed by atoms with Crippen LogP contribution in [0.5, 0.6) is 0 Å². The fourth-order valence-electron chi connectivity index (χ4n) is 3.38. The lowest BCUT2D eigenvalue weighted by atomic mass is 9.76. The van der Waals surface area contributed by atoms with Crippen molar-refractivity contribution in [2.75, 3.05) is 18.8 Å². The standard InChI is InChI=1S/C20H22F2N4O/c1-20(5-2-6-25-11-20)13-3-4-17(16(22)8-13)26-10-12-7-14(21)9-15(18(12)23)19(24)27/h3-4,7-10,25H,2,5-6,11,23H2,1H3,(H2,24,27). The maximum Gasteiger partial charge on any atom is 0.250 e. The van der Waals surface area contributed by atoms with Gasteiger partial charge >= 0.3 is 0 Å². The second-order valence-electron chi connectivity index (χ2n) is 7.09. The predicted molar refractivity (Wildman–Crippen MR) is 102 cm³/mol. The molecule has 2 aromatic carbocycles. The van der Waals surface area contributed by atoms with Crippen molar-refractivity contribution in [1.29, 1.82) is 0 Å². The monoisotopic (exact) mass is 372 g/mol. The fourth-order valence-corrected chi connectivity index (χ4v) is 3.38. The van der Waals surface area contributed by atoms with Crippen LogP contribution in [0.15, 0.2) is 35.3 Å². The van der Waals surface area contributed by atoms with Crippen LogP contribution in [0.3, 0.4) is 0 Å². The Morgan fingerprint density at radius 1 is 1.30 bits per heavy atom. The number of nitrogens with two attached hydrogens (primary N) is 2. The minimum atomic E-state index is -0.841. The topological polar surface area (TPSA) is 93.5 Å². The first-order valence-electron chi connectivity index (χ1n) is 8.74. The van der Waals surface area contributed by atoms with Gasteiger partial charge in [-0.05, 0) is 49.2 Å². The van der Waals surface area contributed by atoms with Crippen LogP contribution in [0.4, 0.5) is 20.2 Å². The van der Waals surface area contributed by atoms with E-state index in [1.807, 2.05) is 6.07 Å². The van der Waals surface area contributed by atoms with E-state index in [0.29, 0.717) is 0 Å². The van der Waals surface area contributed by atoms with Gasteiger partial charge in [0.15, 0.2) is 0 Å². The van der Waals surface area contributed by atoms with Gasteiger partial charge in [0.2, 0.25) is 0 Å². The average molecular weight is 372 g/mol. The van der Waals surface area contributed by atoms with Crippen LogP contribution in [0.2, 0.25) is 0 Å². The molecule has 3 rings (SSSR count). The van der Waals surface area contributed by atoms with Crippen molar-refractivity contribution in [1.82, 2.24) is 5.32 Å². The summed E-state index contributed by atoms with van der Waals surface area (Å²) in [5, 5.41) is 3.34. The van der Waals surface area contributed by atoms with Crippen molar-refractivity contribution < 1.29 is 13.6 Å². The predicted octanol–water partition coefficient (Wildman–Crippen LogP) is 3.04. The van der Waals surface area contributed by atoms with Crippen LogP contribution in [0, 0.1) is 11.6 Å². The number of anilines is 1. The van der Waals surface area contributed by atoms with Crippen LogP contribution < -0.4 is 16.8 Å². The van der Waals surface area contributed by atoms with Gasteiger partial charge in [-0.15, -0.1) is 0 Å². The van der Waals surface area contributed by atoms with E-state index >= 15 is 0 Å². The molecule has 0 saturated carbocycles. The maximum atomic E-state index is 14.6. The molecule has 1 aliphatic rings. The number of nitrogen functional groups attached to an aromatic ring is 1. The molecule has 1 atom stereocenters. The quantitative estimate of drug-likeness (QED) is 0.569. The third-order valence-electron chi connectivity index (χ3n) is 5.03. The van der Waals surface area contributed by atoms with E-state index in [2.05, 4.69) is 17.2 Å². The molecule has 0 aromatic heterocycles. The van der Waals surface area contributed by atoms with E-state index < -0.39 is 17.5 Å². The smallest absolute Gasteiger partial charge is 0.250 e. The van der Waals surface area contributed by atoms with E-state index in [4.69, 9.17) is 11.5 Å². The molecule has 5 nitrogen and oxygen atoms in total. The summed E-state index contributed by atoms with van der Waals surface area (Å²) in [4.78, 5) is 15.4. The highest BCUT2D eigenvalue weighted by molar-refractivity contribution is 6.02. The number of nitrogens with one attached hydrogen (secondary N) is 1. The van der Waals surface area contributed by atoms with Gasteiger partial charge in [0.05, 0.1) is 16.9 Å². The second kappa shape index (κ2) is 7.44. The molecule has 0 radical (unpaired) electrons. The van der Waals surface area contributed by atoms with Crippen LogP contribution in [-0.2, 0) is 5.41 Å². The average Bonchev–Trinajstić information content (AvgIpc) is 2.63. The van der Waals surface area contributed by atoms with Crippen molar-refractivity contribution >= 4 is 23.5 Å². The number of carbonyl (C=O) groups is 1. The number of halogens is 2. The van der Waals surface area contributed by atoms with E-state index in [9.17, 15) is 13.6 Å². The molecule has 7 heteroatoms. The Kier molecular flexibility index (Phi) is 5.23. The summed E-state index contributed by atoms with van der Waals surface area (Å²) in [6.07, 6.45) is 3.25. The van der Waals surface area contributed by atoms with Crippen LogP contribution in [0.25, 0.3) is 0 Å². The largest absolute Gasteiger partial charge is 0.398 e. The van der Waals surface area contributed by atoms with E-state index in [1.165, 1.54) is 12.3 Å². The number of nitrogens with zero attached hydrogens (tertiary/aromatic N) is 1. The number of benzene rings is 2. The first-order valence-corrected chi connectivity index (χ1v) is 8.74. The molecule has 27 heavy (non-hydrogen) atoms. The van der Waals surface area contributed by atoms with Gasteiger partial charge in [0.25, 0.3) is 5.91 Å². The lowest BCUT2D eigenvalue weighted by Crippen LogP contribution is -2.41. The minimum Gasteiger partial charge on any atom is -0.398 e. The van der Waals surface area contributed by atoms with Gasteiger partial charge in [-0.2, -0.15) is 0 Å². The molecular formula is C20H22F2N4O. The zero-order chi connectivity index (χ0) is 19.6. The highest BCUT2D eigenvalue weighted by Crippen LogP contribution is 2.33. The van der Waals surface area contributed by atoms with Crippen molar-refractivity contribution in [2.45, 2.75) is 25.2 Å². The number of rotatable bonds is 4. The highest BCUT2D eigenvalue weighted by Gasteiger charge is 2.29. The summed E-state index contributed by atoms with van der Waals surface area (Å²) in [5.74, 6) is -1.99. The second-order valence-corrected chi connectivity index (χ2v) is 7.09. The molecule has 1 aliphatic heterocycles. The minimum absolute atomic E-state index is 0.00506. The molecule has 1 unspecified atom stereocenters. The van der Waals surface area contributed by atoms with Crippen molar-refractivity contribution in [2.24, 2.45) is 10.7 Å². The molecule has 1 fully saturated rings. The Morgan fingerprint density at radius 3 is 2.70 bits per heavy atom. The van der Waals surface area contributed by atoms with Crippen LogP contribution >= 0.6 is 0 Å². The number of hydrogen-bond acceptors (Lipinski definition) is 4. The summed E-state index contributed by atoms with van der Waals surface area (Å²) in [5.41, 5.74) is 12.0. The molecule has 1 heterocycles. The van der Waals surface area contributed by atoms with Gasteiger partial charge in [0.1, 0.15) is 11.6 Å². The summed E-state index contributed by atoms with van der Waals surface area (Å²) >= 11 is 0. The molecule has 5 N–H and O–H groups in total. The molecule has 2 aromatic rings. The third-order valence-corrected chi connectivity index (χ3v) is 5.03. The van der Waals surface area contributed by atoms with Crippen LogP contribution in [-0.4, -0.2) is 25.2 Å². The van der Waals surface area contributed by atoms with E-state index in [-0.39, 0.29) is 27.9 Å². The zero-order valence-electron chi connectivity index (χ0n) is 15.1. The van der Waals surface area contributed by atoms with Gasteiger partial charge in [-0.25, -0.2) is 8.78 Å². The number of amides is 1. The Labute approximate surface area is 156 Å². The van der Waals surface area contributed by atoms with Crippen molar-refractivity contribution in [3.05, 3.63) is 58.7 Å². The van der Waals surface area contributed by atoms with Gasteiger partial charge in [-0.3, -0.25) is 9.79 Å². The number of aliphatic imine (C=N–C) groups is 1. The van der Waals surface area contributed by atoms with Gasteiger partial charge in [0, 0.05) is 23.7 Å². The summed E-state index contributed by atoms with van der Waals surface area (Å²) < 4.78 is 28.2. The Hall–Kier alpha value is -2.80. The normalized spacial score (nSPS) is 20.1. The summed E-state index contributed by atoms with van der Waals surface area (Å²) in [7, 11) is 0. The van der Waals surface area contributed by atoms with Gasteiger partial charge in [-0.1, -0.05) is 13.0 Å². The Balaban J connectivity index is 1.89. The molecule has 0 bridgehead atoms.